The molecule has 0 aromatic heterocycles. The Kier molecular flexibility index (Phi) is 6.65. The minimum atomic E-state index is 0.0806. The van der Waals surface area contributed by atoms with Crippen molar-refractivity contribution in [3.8, 4) is 0 Å². The SMILES string of the molecule is CC(=CC(=O)NCCCN1CCN(Cc2ccccc2)CC1)C1CC1. The average molecular weight is 341 g/mol. The molecule has 1 amide bonds. The fourth-order valence-electron chi connectivity index (χ4n) is 3.44. The molecule has 0 bridgehead atoms. The molecular formula is C21H31N3O. The second kappa shape index (κ2) is 9.16. The number of carbonyl (C=O) groups excluding carboxylic acids is 1. The number of allylic oxidation sites excluding steroid dienone is 1. The first-order valence-electron chi connectivity index (χ1n) is 9.65. The van der Waals surface area contributed by atoms with E-state index in [9.17, 15) is 4.79 Å². The van der Waals surface area contributed by atoms with Crippen LogP contribution in [-0.4, -0.2) is 55.0 Å². The predicted molar refractivity (Wildman–Crippen MR) is 102 cm³/mol. The highest BCUT2D eigenvalue weighted by Gasteiger charge is 2.23. The van der Waals surface area contributed by atoms with E-state index in [0.29, 0.717) is 5.92 Å². The summed E-state index contributed by atoms with van der Waals surface area (Å²) in [4.78, 5) is 16.9. The largest absolute Gasteiger partial charge is 0.353 e. The Hall–Kier alpha value is -1.65. The molecule has 0 spiro atoms. The molecule has 1 saturated heterocycles. The van der Waals surface area contributed by atoms with Gasteiger partial charge in [-0.2, -0.15) is 0 Å². The van der Waals surface area contributed by atoms with Crippen LogP contribution < -0.4 is 5.32 Å². The predicted octanol–water partition coefficient (Wildman–Crippen LogP) is 2.67. The zero-order valence-electron chi connectivity index (χ0n) is 15.4. The van der Waals surface area contributed by atoms with Crippen LogP contribution in [0.3, 0.4) is 0 Å². The third-order valence-electron chi connectivity index (χ3n) is 5.24. The number of rotatable bonds is 8. The molecule has 2 fully saturated rings. The van der Waals surface area contributed by atoms with Gasteiger partial charge in [0, 0.05) is 45.3 Å². The van der Waals surface area contributed by atoms with Crippen LogP contribution in [0.15, 0.2) is 42.0 Å². The third-order valence-corrected chi connectivity index (χ3v) is 5.24. The normalized spacial score (nSPS) is 19.8. The van der Waals surface area contributed by atoms with Crippen LogP contribution in [0.2, 0.25) is 0 Å². The third kappa shape index (κ3) is 6.29. The summed E-state index contributed by atoms with van der Waals surface area (Å²) in [6.45, 7) is 9.49. The summed E-state index contributed by atoms with van der Waals surface area (Å²) in [6, 6.07) is 10.7. The highest BCUT2D eigenvalue weighted by Crippen LogP contribution is 2.35. The average Bonchev–Trinajstić information content (AvgIpc) is 3.46. The van der Waals surface area contributed by atoms with Gasteiger partial charge in [-0.25, -0.2) is 0 Å². The quantitative estimate of drug-likeness (QED) is 0.583. The molecule has 0 radical (unpaired) electrons. The Bertz CT molecular complexity index is 572. The van der Waals surface area contributed by atoms with Crippen LogP contribution in [0.5, 0.6) is 0 Å². The van der Waals surface area contributed by atoms with Crippen molar-refractivity contribution in [2.45, 2.75) is 32.7 Å². The van der Waals surface area contributed by atoms with E-state index >= 15 is 0 Å². The minimum absolute atomic E-state index is 0.0806. The fourth-order valence-corrected chi connectivity index (χ4v) is 3.44. The standard InChI is InChI=1S/C21H31N3O/c1-18(20-8-9-20)16-21(25)22-10-5-11-23-12-14-24(15-13-23)17-19-6-3-2-4-7-19/h2-4,6-7,16,20H,5,8-15,17H2,1H3,(H,22,25). The molecular weight excluding hydrogens is 310 g/mol. The number of nitrogens with one attached hydrogen (secondary N) is 1. The van der Waals surface area contributed by atoms with E-state index in [1.165, 1.54) is 24.0 Å². The van der Waals surface area contributed by atoms with Gasteiger partial charge in [-0.05, 0) is 44.2 Å². The number of piperazine rings is 1. The maximum absolute atomic E-state index is 11.8. The van der Waals surface area contributed by atoms with Gasteiger partial charge in [0.05, 0.1) is 0 Å². The number of nitrogens with zero attached hydrogens (tertiary/aromatic N) is 2. The molecule has 1 N–H and O–H groups in total. The molecule has 1 saturated carbocycles. The summed E-state index contributed by atoms with van der Waals surface area (Å²) < 4.78 is 0. The summed E-state index contributed by atoms with van der Waals surface area (Å²) in [5.74, 6) is 0.759. The Labute approximate surface area is 151 Å². The van der Waals surface area contributed by atoms with Crippen LogP contribution in [0.25, 0.3) is 0 Å². The summed E-state index contributed by atoms with van der Waals surface area (Å²) in [7, 11) is 0. The molecule has 25 heavy (non-hydrogen) atoms. The van der Waals surface area contributed by atoms with Crippen molar-refractivity contribution >= 4 is 5.91 Å². The van der Waals surface area contributed by atoms with Crippen molar-refractivity contribution in [1.82, 2.24) is 15.1 Å². The molecule has 1 aliphatic carbocycles. The molecule has 1 heterocycles. The second-order valence-electron chi connectivity index (χ2n) is 7.41. The summed E-state index contributed by atoms with van der Waals surface area (Å²) >= 11 is 0. The van der Waals surface area contributed by atoms with Gasteiger partial charge in [0.1, 0.15) is 0 Å². The van der Waals surface area contributed by atoms with Crippen LogP contribution in [0.1, 0.15) is 31.7 Å². The van der Waals surface area contributed by atoms with Crippen molar-refractivity contribution in [3.05, 3.63) is 47.5 Å². The second-order valence-corrected chi connectivity index (χ2v) is 7.41. The van der Waals surface area contributed by atoms with Crippen molar-refractivity contribution in [1.29, 1.82) is 0 Å². The number of hydrogen-bond donors (Lipinski definition) is 1. The van der Waals surface area contributed by atoms with E-state index in [1.54, 1.807) is 6.08 Å². The lowest BCUT2D eigenvalue weighted by atomic mass is 10.2. The molecule has 2 aliphatic rings. The van der Waals surface area contributed by atoms with E-state index in [2.05, 4.69) is 52.4 Å². The van der Waals surface area contributed by atoms with E-state index in [-0.39, 0.29) is 5.91 Å². The van der Waals surface area contributed by atoms with Gasteiger partial charge in [0.2, 0.25) is 5.91 Å². The van der Waals surface area contributed by atoms with Crippen molar-refractivity contribution in [2.75, 3.05) is 39.3 Å². The maximum atomic E-state index is 11.8. The van der Waals surface area contributed by atoms with Gasteiger partial charge < -0.3 is 10.2 Å². The first-order chi connectivity index (χ1) is 12.2. The van der Waals surface area contributed by atoms with Crippen LogP contribution in [0, 0.1) is 5.92 Å². The lowest BCUT2D eigenvalue weighted by Gasteiger charge is -2.34. The van der Waals surface area contributed by atoms with Gasteiger partial charge in [-0.1, -0.05) is 35.9 Å². The number of benzene rings is 1. The zero-order chi connectivity index (χ0) is 17.5. The molecule has 1 aromatic carbocycles. The lowest BCUT2D eigenvalue weighted by Crippen LogP contribution is -2.46. The summed E-state index contributed by atoms with van der Waals surface area (Å²) in [5.41, 5.74) is 2.64. The minimum Gasteiger partial charge on any atom is -0.353 e. The van der Waals surface area contributed by atoms with Crippen molar-refractivity contribution in [3.63, 3.8) is 0 Å². The molecule has 1 aliphatic heterocycles. The molecule has 3 rings (SSSR count). The Balaban J connectivity index is 1.26. The van der Waals surface area contributed by atoms with Gasteiger partial charge >= 0.3 is 0 Å². The monoisotopic (exact) mass is 341 g/mol. The van der Waals surface area contributed by atoms with Gasteiger partial charge in [-0.3, -0.25) is 9.69 Å². The Morgan fingerprint density at radius 1 is 1.12 bits per heavy atom. The summed E-state index contributed by atoms with van der Waals surface area (Å²) in [6.07, 6.45) is 5.33. The van der Waals surface area contributed by atoms with Crippen molar-refractivity contribution < 1.29 is 4.79 Å². The van der Waals surface area contributed by atoms with Gasteiger partial charge in [0.15, 0.2) is 0 Å². The molecule has 1 aromatic rings. The highest BCUT2D eigenvalue weighted by molar-refractivity contribution is 5.88. The lowest BCUT2D eigenvalue weighted by molar-refractivity contribution is -0.116. The molecule has 0 atom stereocenters. The zero-order valence-corrected chi connectivity index (χ0v) is 15.4. The molecule has 0 unspecified atom stereocenters. The molecule has 4 heteroatoms. The van der Waals surface area contributed by atoms with E-state index in [4.69, 9.17) is 0 Å². The maximum Gasteiger partial charge on any atom is 0.243 e. The van der Waals surface area contributed by atoms with E-state index in [1.807, 2.05) is 0 Å². The summed E-state index contributed by atoms with van der Waals surface area (Å²) in [5, 5.41) is 3.02. The van der Waals surface area contributed by atoms with Crippen LogP contribution >= 0.6 is 0 Å². The van der Waals surface area contributed by atoms with E-state index in [0.717, 1.165) is 52.2 Å². The first kappa shape index (κ1) is 18.2. The number of hydrogen-bond acceptors (Lipinski definition) is 3. The van der Waals surface area contributed by atoms with Crippen molar-refractivity contribution in [2.24, 2.45) is 5.92 Å². The molecule has 136 valence electrons. The number of carbonyl (C=O) groups is 1. The van der Waals surface area contributed by atoms with Crippen LogP contribution in [0.4, 0.5) is 0 Å². The first-order valence-corrected chi connectivity index (χ1v) is 9.65. The Morgan fingerprint density at radius 3 is 2.48 bits per heavy atom. The highest BCUT2D eigenvalue weighted by atomic mass is 16.1. The van der Waals surface area contributed by atoms with E-state index < -0.39 is 0 Å². The van der Waals surface area contributed by atoms with Crippen LogP contribution in [-0.2, 0) is 11.3 Å². The number of amides is 1. The Morgan fingerprint density at radius 2 is 1.80 bits per heavy atom. The fraction of sp³-hybridized carbons (Fsp3) is 0.571. The smallest absolute Gasteiger partial charge is 0.243 e. The van der Waals surface area contributed by atoms with Gasteiger partial charge in [0.25, 0.3) is 0 Å². The molecule has 4 nitrogen and oxygen atoms in total. The van der Waals surface area contributed by atoms with Gasteiger partial charge in [-0.15, -0.1) is 0 Å². The topological polar surface area (TPSA) is 35.6 Å².